The first-order valence-electron chi connectivity index (χ1n) is 8.67. The molecular formula is C20H21F3N2O. The van der Waals surface area contributed by atoms with Gasteiger partial charge in [-0.25, -0.2) is 0 Å². The summed E-state index contributed by atoms with van der Waals surface area (Å²) in [6.07, 6.45) is -3.05. The predicted octanol–water partition coefficient (Wildman–Crippen LogP) is 4.56. The lowest BCUT2D eigenvalue weighted by atomic mass is 9.95. The number of amides is 1. The highest BCUT2D eigenvalue weighted by Crippen LogP contribution is 2.33. The molecule has 0 spiro atoms. The maximum Gasteiger partial charge on any atom is 0.416 e. The van der Waals surface area contributed by atoms with Gasteiger partial charge in [0.1, 0.15) is 0 Å². The van der Waals surface area contributed by atoms with Crippen LogP contribution in [-0.2, 0) is 17.5 Å². The third-order valence-electron chi connectivity index (χ3n) is 4.72. The third-order valence-corrected chi connectivity index (χ3v) is 4.72. The van der Waals surface area contributed by atoms with Crippen LogP contribution in [-0.4, -0.2) is 23.9 Å². The third kappa shape index (κ3) is 4.64. The van der Waals surface area contributed by atoms with Crippen LogP contribution < -0.4 is 5.32 Å². The van der Waals surface area contributed by atoms with Crippen LogP contribution in [0.15, 0.2) is 54.6 Å². The summed E-state index contributed by atoms with van der Waals surface area (Å²) in [5.41, 5.74) is 0.468. The number of hydrogen-bond acceptors (Lipinski definition) is 2. The summed E-state index contributed by atoms with van der Waals surface area (Å²) in [6, 6.07) is 14.9. The summed E-state index contributed by atoms with van der Waals surface area (Å²) < 4.78 is 39.3. The van der Waals surface area contributed by atoms with Crippen molar-refractivity contribution < 1.29 is 18.0 Å². The van der Waals surface area contributed by atoms with E-state index in [1.807, 2.05) is 35.2 Å². The molecule has 0 unspecified atom stereocenters. The lowest BCUT2D eigenvalue weighted by molar-refractivity contribution is -0.138. The molecule has 26 heavy (non-hydrogen) atoms. The summed E-state index contributed by atoms with van der Waals surface area (Å²) >= 11 is 0. The molecular weight excluding hydrogens is 341 g/mol. The van der Waals surface area contributed by atoms with Crippen LogP contribution in [0.1, 0.15) is 24.0 Å². The van der Waals surface area contributed by atoms with Gasteiger partial charge in [0.25, 0.3) is 0 Å². The quantitative estimate of drug-likeness (QED) is 0.865. The van der Waals surface area contributed by atoms with Crippen LogP contribution in [0.3, 0.4) is 0 Å². The molecule has 1 fully saturated rings. The van der Waals surface area contributed by atoms with Crippen LogP contribution in [0, 0.1) is 5.92 Å². The number of alkyl halides is 3. The number of carbonyl (C=O) groups is 1. The Labute approximate surface area is 150 Å². The molecule has 1 heterocycles. The van der Waals surface area contributed by atoms with Crippen molar-refractivity contribution in [3.8, 4) is 0 Å². The standard InChI is InChI=1S/C20H21F3N2O/c21-20(22,23)18-9-5-4-6-16(18)14-25-12-10-15(11-13-25)19(26)24-17-7-2-1-3-8-17/h1-9,15H,10-14H2,(H,24,26). The molecule has 1 saturated heterocycles. The molecule has 3 rings (SSSR count). The Morgan fingerprint density at radius 3 is 2.27 bits per heavy atom. The highest BCUT2D eigenvalue weighted by Gasteiger charge is 2.33. The van der Waals surface area contributed by atoms with E-state index in [9.17, 15) is 18.0 Å². The van der Waals surface area contributed by atoms with Gasteiger partial charge in [0.05, 0.1) is 5.56 Å². The first kappa shape index (κ1) is 18.5. The first-order chi connectivity index (χ1) is 12.4. The maximum absolute atomic E-state index is 13.1. The predicted molar refractivity (Wildman–Crippen MR) is 94.5 cm³/mol. The molecule has 1 amide bonds. The second-order valence-electron chi connectivity index (χ2n) is 6.56. The normalized spacial score (nSPS) is 16.4. The largest absolute Gasteiger partial charge is 0.416 e. The van der Waals surface area contributed by atoms with Gasteiger partial charge < -0.3 is 5.32 Å². The Hall–Kier alpha value is -2.34. The Bertz CT molecular complexity index is 738. The van der Waals surface area contributed by atoms with Crippen molar-refractivity contribution in [3.63, 3.8) is 0 Å². The zero-order valence-electron chi connectivity index (χ0n) is 14.3. The molecule has 1 N–H and O–H groups in total. The number of rotatable bonds is 4. The fourth-order valence-corrected chi connectivity index (χ4v) is 3.29. The summed E-state index contributed by atoms with van der Waals surface area (Å²) in [5.74, 6) is -0.129. The monoisotopic (exact) mass is 362 g/mol. The van der Waals surface area contributed by atoms with E-state index in [0.717, 1.165) is 11.8 Å². The highest BCUT2D eigenvalue weighted by atomic mass is 19.4. The minimum atomic E-state index is -4.34. The topological polar surface area (TPSA) is 32.3 Å². The van der Waals surface area contributed by atoms with Gasteiger partial charge in [-0.1, -0.05) is 36.4 Å². The molecule has 1 aliphatic heterocycles. The summed E-state index contributed by atoms with van der Waals surface area (Å²) in [7, 11) is 0. The summed E-state index contributed by atoms with van der Waals surface area (Å²) in [5, 5.41) is 2.90. The Morgan fingerprint density at radius 2 is 1.62 bits per heavy atom. The number of nitrogens with zero attached hydrogens (tertiary/aromatic N) is 1. The molecule has 2 aromatic rings. The molecule has 138 valence electrons. The lowest BCUT2D eigenvalue weighted by Crippen LogP contribution is -2.38. The molecule has 0 aliphatic carbocycles. The minimum Gasteiger partial charge on any atom is -0.326 e. The molecule has 0 aromatic heterocycles. The molecule has 3 nitrogen and oxygen atoms in total. The lowest BCUT2D eigenvalue weighted by Gasteiger charge is -2.31. The number of nitrogens with one attached hydrogen (secondary N) is 1. The molecule has 0 bridgehead atoms. The molecule has 1 aliphatic rings. The number of hydrogen-bond donors (Lipinski definition) is 1. The van der Waals surface area contributed by atoms with Crippen molar-refractivity contribution in [1.82, 2.24) is 4.90 Å². The Kier molecular flexibility index (Phi) is 5.61. The van der Waals surface area contributed by atoms with E-state index in [4.69, 9.17) is 0 Å². The van der Waals surface area contributed by atoms with E-state index in [1.165, 1.54) is 12.1 Å². The van der Waals surface area contributed by atoms with Crippen LogP contribution in [0.5, 0.6) is 0 Å². The summed E-state index contributed by atoms with van der Waals surface area (Å²) in [6.45, 7) is 1.47. The van der Waals surface area contributed by atoms with E-state index in [-0.39, 0.29) is 23.9 Å². The van der Waals surface area contributed by atoms with Gasteiger partial charge in [0, 0.05) is 18.2 Å². The number of carbonyl (C=O) groups excluding carboxylic acids is 1. The van der Waals surface area contributed by atoms with Crippen molar-refractivity contribution >= 4 is 11.6 Å². The zero-order chi connectivity index (χ0) is 18.6. The van der Waals surface area contributed by atoms with E-state index < -0.39 is 11.7 Å². The number of piperidine rings is 1. The maximum atomic E-state index is 13.1. The van der Waals surface area contributed by atoms with Crippen LogP contribution in [0.25, 0.3) is 0 Å². The van der Waals surface area contributed by atoms with Gasteiger partial charge >= 0.3 is 6.18 Å². The average Bonchev–Trinajstić information content (AvgIpc) is 2.63. The van der Waals surface area contributed by atoms with Gasteiger partial charge in [-0.05, 0) is 49.7 Å². The van der Waals surface area contributed by atoms with Crippen molar-refractivity contribution in [1.29, 1.82) is 0 Å². The zero-order valence-corrected chi connectivity index (χ0v) is 14.3. The van der Waals surface area contributed by atoms with Crippen LogP contribution >= 0.6 is 0 Å². The Balaban J connectivity index is 1.55. The molecule has 0 saturated carbocycles. The van der Waals surface area contributed by atoms with Gasteiger partial charge in [-0.15, -0.1) is 0 Å². The van der Waals surface area contributed by atoms with E-state index in [2.05, 4.69) is 5.32 Å². The molecule has 0 radical (unpaired) electrons. The van der Waals surface area contributed by atoms with Gasteiger partial charge in [-0.3, -0.25) is 9.69 Å². The number of benzene rings is 2. The number of likely N-dealkylation sites (tertiary alicyclic amines) is 1. The smallest absolute Gasteiger partial charge is 0.326 e. The van der Waals surface area contributed by atoms with Crippen molar-refractivity contribution in [3.05, 3.63) is 65.7 Å². The van der Waals surface area contributed by atoms with Gasteiger partial charge in [0.15, 0.2) is 0 Å². The van der Waals surface area contributed by atoms with E-state index >= 15 is 0 Å². The van der Waals surface area contributed by atoms with Crippen LogP contribution in [0.2, 0.25) is 0 Å². The molecule has 2 aromatic carbocycles. The van der Waals surface area contributed by atoms with Crippen molar-refractivity contribution in [2.75, 3.05) is 18.4 Å². The van der Waals surface area contributed by atoms with Crippen LogP contribution in [0.4, 0.5) is 18.9 Å². The minimum absolute atomic E-state index is 0.0217. The van der Waals surface area contributed by atoms with Crippen molar-refractivity contribution in [2.24, 2.45) is 5.92 Å². The molecule has 0 atom stereocenters. The Morgan fingerprint density at radius 1 is 1.00 bits per heavy atom. The van der Waals surface area contributed by atoms with E-state index in [0.29, 0.717) is 25.9 Å². The van der Waals surface area contributed by atoms with Gasteiger partial charge in [0.2, 0.25) is 5.91 Å². The number of anilines is 1. The first-order valence-corrected chi connectivity index (χ1v) is 8.67. The van der Waals surface area contributed by atoms with Crippen molar-refractivity contribution in [2.45, 2.75) is 25.6 Å². The van der Waals surface area contributed by atoms with E-state index in [1.54, 1.807) is 6.07 Å². The highest BCUT2D eigenvalue weighted by molar-refractivity contribution is 5.92. The molecule has 6 heteroatoms. The number of para-hydroxylation sites is 1. The summed E-state index contributed by atoms with van der Waals surface area (Å²) in [4.78, 5) is 14.3. The second kappa shape index (κ2) is 7.91. The fourth-order valence-electron chi connectivity index (χ4n) is 3.29. The second-order valence-corrected chi connectivity index (χ2v) is 6.56. The number of halogens is 3. The van der Waals surface area contributed by atoms with Gasteiger partial charge in [-0.2, -0.15) is 13.2 Å². The average molecular weight is 362 g/mol. The SMILES string of the molecule is O=C(Nc1ccccc1)C1CCN(Cc2ccccc2C(F)(F)F)CC1. The fraction of sp³-hybridized carbons (Fsp3) is 0.350.